The van der Waals surface area contributed by atoms with E-state index in [2.05, 4.69) is 15.1 Å². The monoisotopic (exact) mass is 412 g/mol. The summed E-state index contributed by atoms with van der Waals surface area (Å²) in [6.45, 7) is 2.47. The molecule has 0 fully saturated rings. The van der Waals surface area contributed by atoms with E-state index >= 15 is 0 Å². The molecular formula is C16H11F3N4O6. The molecular weight excluding hydrogens is 401 g/mol. The van der Waals surface area contributed by atoms with Crippen LogP contribution in [0.25, 0.3) is 22.8 Å². The predicted molar refractivity (Wildman–Crippen MR) is 90.3 cm³/mol. The van der Waals surface area contributed by atoms with Gasteiger partial charge in [0.1, 0.15) is 5.56 Å². The van der Waals surface area contributed by atoms with Crippen LogP contribution in [0.15, 0.2) is 21.5 Å². The van der Waals surface area contributed by atoms with Crippen molar-refractivity contribution in [3.8, 4) is 34.3 Å². The topological polar surface area (TPSA) is 155 Å². The predicted octanol–water partition coefficient (Wildman–Crippen LogP) is 3.05. The third kappa shape index (κ3) is 3.37. The lowest BCUT2D eigenvalue weighted by atomic mass is 10.0. The van der Waals surface area contributed by atoms with Crippen LogP contribution < -0.4 is 5.56 Å². The first kappa shape index (κ1) is 19.9. The zero-order chi connectivity index (χ0) is 21.7. The van der Waals surface area contributed by atoms with Crippen molar-refractivity contribution in [2.45, 2.75) is 20.0 Å². The number of hydrogen-bond acceptors (Lipinski definition) is 8. The SMILES string of the molecule is Cc1[nH]c(=O)c(-c2noc(-c3cc(O)c(O)c([N+](=O)[O-])c3)n2)c(C(F)(F)F)c1C. The highest BCUT2D eigenvalue weighted by atomic mass is 19.4. The zero-order valence-corrected chi connectivity index (χ0v) is 14.7. The molecule has 152 valence electrons. The van der Waals surface area contributed by atoms with Gasteiger partial charge >= 0.3 is 11.9 Å². The number of aromatic amines is 1. The quantitative estimate of drug-likeness (QED) is 0.337. The molecule has 10 nitrogen and oxygen atoms in total. The lowest BCUT2D eigenvalue weighted by Crippen LogP contribution is -2.21. The molecule has 0 spiro atoms. The molecule has 0 radical (unpaired) electrons. The van der Waals surface area contributed by atoms with Gasteiger partial charge in [-0.15, -0.1) is 0 Å². The molecule has 1 aromatic carbocycles. The fourth-order valence-corrected chi connectivity index (χ4v) is 2.69. The van der Waals surface area contributed by atoms with Crippen LogP contribution in [0, 0.1) is 24.0 Å². The maximum atomic E-state index is 13.5. The van der Waals surface area contributed by atoms with Gasteiger partial charge in [0.25, 0.3) is 11.4 Å². The number of nitro groups is 1. The second-order valence-electron chi connectivity index (χ2n) is 6.00. The van der Waals surface area contributed by atoms with E-state index in [1.807, 2.05) is 0 Å². The third-order valence-electron chi connectivity index (χ3n) is 4.16. The van der Waals surface area contributed by atoms with Crippen molar-refractivity contribution in [2.75, 3.05) is 0 Å². The number of phenols is 2. The molecule has 0 saturated heterocycles. The molecule has 3 rings (SSSR count). The van der Waals surface area contributed by atoms with E-state index in [4.69, 9.17) is 4.52 Å². The Morgan fingerprint density at radius 1 is 1.24 bits per heavy atom. The number of H-pyrrole nitrogens is 1. The number of nitro benzene ring substituents is 1. The fourth-order valence-electron chi connectivity index (χ4n) is 2.69. The number of rotatable bonds is 3. The van der Waals surface area contributed by atoms with Crippen molar-refractivity contribution in [1.82, 2.24) is 15.1 Å². The minimum atomic E-state index is -4.89. The molecule has 0 amide bonds. The molecule has 29 heavy (non-hydrogen) atoms. The van der Waals surface area contributed by atoms with Gasteiger partial charge in [-0.1, -0.05) is 5.16 Å². The summed E-state index contributed by atoms with van der Waals surface area (Å²) >= 11 is 0. The van der Waals surface area contributed by atoms with Crippen LogP contribution in [0.4, 0.5) is 18.9 Å². The minimum absolute atomic E-state index is 0.00822. The summed E-state index contributed by atoms with van der Waals surface area (Å²) in [5, 5.41) is 33.5. The second kappa shape index (κ2) is 6.61. The van der Waals surface area contributed by atoms with Crippen LogP contribution in [0.5, 0.6) is 11.5 Å². The summed E-state index contributed by atoms with van der Waals surface area (Å²) in [5.41, 5.74) is -4.60. The van der Waals surface area contributed by atoms with E-state index < -0.39 is 56.7 Å². The van der Waals surface area contributed by atoms with Crippen LogP contribution in [0.3, 0.4) is 0 Å². The maximum absolute atomic E-state index is 13.5. The van der Waals surface area contributed by atoms with Gasteiger partial charge in [-0.3, -0.25) is 14.9 Å². The Balaban J connectivity index is 2.22. The Hall–Kier alpha value is -3.90. The molecule has 3 aromatic rings. The highest BCUT2D eigenvalue weighted by Gasteiger charge is 2.39. The number of nitrogens with one attached hydrogen (secondary N) is 1. The summed E-state index contributed by atoms with van der Waals surface area (Å²) < 4.78 is 45.5. The molecule has 0 atom stereocenters. The zero-order valence-electron chi connectivity index (χ0n) is 14.7. The number of alkyl halides is 3. The van der Waals surface area contributed by atoms with Crippen LogP contribution >= 0.6 is 0 Å². The normalized spacial score (nSPS) is 11.6. The van der Waals surface area contributed by atoms with Crippen LogP contribution in [-0.4, -0.2) is 30.3 Å². The molecule has 3 N–H and O–H groups in total. The molecule has 2 aromatic heterocycles. The summed E-state index contributed by atoms with van der Waals surface area (Å²) in [4.78, 5) is 28.1. The molecule has 13 heteroatoms. The van der Waals surface area contributed by atoms with Gasteiger partial charge in [0.2, 0.25) is 11.6 Å². The van der Waals surface area contributed by atoms with Gasteiger partial charge in [0.15, 0.2) is 5.75 Å². The van der Waals surface area contributed by atoms with E-state index in [1.165, 1.54) is 13.8 Å². The Labute approximate surface area is 158 Å². The van der Waals surface area contributed by atoms with Crippen molar-refractivity contribution in [3.63, 3.8) is 0 Å². The Morgan fingerprint density at radius 2 is 1.90 bits per heavy atom. The first-order valence-corrected chi connectivity index (χ1v) is 7.77. The second-order valence-corrected chi connectivity index (χ2v) is 6.00. The fraction of sp³-hybridized carbons (Fsp3) is 0.188. The third-order valence-corrected chi connectivity index (χ3v) is 4.16. The number of pyridine rings is 1. The number of hydrogen-bond donors (Lipinski definition) is 3. The number of halogens is 3. The lowest BCUT2D eigenvalue weighted by Gasteiger charge is -2.14. The number of aryl methyl sites for hydroxylation is 1. The van der Waals surface area contributed by atoms with Crippen molar-refractivity contribution in [1.29, 1.82) is 0 Å². The average Bonchev–Trinajstić information content (AvgIpc) is 3.08. The standard InChI is InChI=1S/C16H11F3N4O6/c1-5-6(2)20-14(26)10(11(5)16(17,18)19)13-21-15(29-22-13)7-3-8(23(27)28)12(25)9(24)4-7/h3-4,24-25H,1-2H3,(H,20,26). The van der Waals surface area contributed by atoms with E-state index in [0.717, 1.165) is 12.1 Å². The van der Waals surface area contributed by atoms with Crippen molar-refractivity contribution < 1.29 is 32.8 Å². The van der Waals surface area contributed by atoms with E-state index in [1.54, 1.807) is 0 Å². The average molecular weight is 412 g/mol. The van der Waals surface area contributed by atoms with Crippen LogP contribution in [0.2, 0.25) is 0 Å². The smallest absolute Gasteiger partial charge is 0.417 e. The van der Waals surface area contributed by atoms with Crippen molar-refractivity contribution in [2.24, 2.45) is 0 Å². The Kier molecular flexibility index (Phi) is 4.53. The molecule has 0 aliphatic carbocycles. The summed E-state index contributed by atoms with van der Waals surface area (Å²) in [6.07, 6.45) is -4.89. The van der Waals surface area contributed by atoms with Gasteiger partial charge in [0.05, 0.1) is 16.1 Å². The van der Waals surface area contributed by atoms with Gasteiger partial charge < -0.3 is 19.7 Å². The minimum Gasteiger partial charge on any atom is -0.504 e. The van der Waals surface area contributed by atoms with Gasteiger partial charge in [0, 0.05) is 11.8 Å². The summed E-state index contributed by atoms with van der Waals surface area (Å²) in [6, 6.07) is 1.62. The van der Waals surface area contributed by atoms with Crippen molar-refractivity contribution >= 4 is 5.69 Å². The number of phenolic OH excluding ortho intramolecular Hbond substituents is 2. The van der Waals surface area contributed by atoms with E-state index in [-0.39, 0.29) is 16.8 Å². The van der Waals surface area contributed by atoms with E-state index in [9.17, 15) is 38.3 Å². The summed E-state index contributed by atoms with van der Waals surface area (Å²) in [7, 11) is 0. The van der Waals surface area contributed by atoms with Crippen molar-refractivity contribution in [3.05, 3.63) is 49.4 Å². The van der Waals surface area contributed by atoms with Gasteiger partial charge in [-0.25, -0.2) is 0 Å². The van der Waals surface area contributed by atoms with Gasteiger partial charge in [-0.2, -0.15) is 18.2 Å². The highest BCUT2D eigenvalue weighted by molar-refractivity contribution is 5.69. The molecule has 0 aliphatic heterocycles. The maximum Gasteiger partial charge on any atom is 0.417 e. The molecule has 0 aliphatic rings. The number of benzene rings is 1. The molecule has 0 bridgehead atoms. The number of aromatic nitrogens is 3. The Morgan fingerprint density at radius 3 is 2.48 bits per heavy atom. The molecule has 0 saturated carbocycles. The van der Waals surface area contributed by atoms with E-state index in [0.29, 0.717) is 0 Å². The lowest BCUT2D eigenvalue weighted by molar-refractivity contribution is -0.385. The number of aromatic hydroxyl groups is 2. The first-order chi connectivity index (χ1) is 13.4. The number of nitrogens with zero attached hydrogens (tertiary/aromatic N) is 3. The van der Waals surface area contributed by atoms with Crippen LogP contribution in [0.1, 0.15) is 16.8 Å². The molecule has 2 heterocycles. The largest absolute Gasteiger partial charge is 0.504 e. The Bertz CT molecular complexity index is 1200. The first-order valence-electron chi connectivity index (χ1n) is 7.77. The summed E-state index contributed by atoms with van der Waals surface area (Å²) in [5.74, 6) is -3.10. The van der Waals surface area contributed by atoms with Gasteiger partial charge in [-0.05, 0) is 25.5 Å². The van der Waals surface area contributed by atoms with Crippen LogP contribution in [-0.2, 0) is 6.18 Å². The molecule has 0 unspecified atom stereocenters. The highest BCUT2D eigenvalue weighted by Crippen LogP contribution is 2.40.